The van der Waals surface area contributed by atoms with Crippen molar-refractivity contribution < 1.29 is 9.26 Å². The van der Waals surface area contributed by atoms with Crippen LogP contribution in [0.2, 0.25) is 0 Å². The molecule has 2 aromatic rings. The quantitative estimate of drug-likeness (QED) is 0.688. The highest BCUT2D eigenvalue weighted by molar-refractivity contribution is 5.54. The summed E-state index contributed by atoms with van der Waals surface area (Å²) in [6.45, 7) is 0. The van der Waals surface area contributed by atoms with Crippen LogP contribution in [0.15, 0.2) is 29.4 Å². The Balaban J connectivity index is 2.41. The van der Waals surface area contributed by atoms with Gasteiger partial charge in [0.25, 0.3) is 0 Å². The highest BCUT2D eigenvalue weighted by atomic mass is 16.5. The summed E-state index contributed by atoms with van der Waals surface area (Å²) in [4.78, 5) is 7.85. The number of pyridine rings is 1. The molecule has 0 bridgehead atoms. The fraction of sp³-hybridized carbons (Fsp3) is 0.125. The second kappa shape index (κ2) is 3.22. The minimum atomic E-state index is 0.506. The van der Waals surface area contributed by atoms with Gasteiger partial charge in [0.2, 0.25) is 12.2 Å². The molecule has 0 spiro atoms. The van der Waals surface area contributed by atoms with Gasteiger partial charge in [-0.1, -0.05) is 5.16 Å². The molecule has 5 heteroatoms. The average molecular weight is 177 g/mol. The highest BCUT2D eigenvalue weighted by Gasteiger charge is 2.03. The maximum atomic E-state index is 5.00. The number of nitrogens with zero attached hydrogens (tertiary/aromatic N) is 3. The van der Waals surface area contributed by atoms with E-state index in [9.17, 15) is 0 Å². The number of hydrogen-bond acceptors (Lipinski definition) is 5. The maximum absolute atomic E-state index is 5.00. The van der Waals surface area contributed by atoms with Crippen molar-refractivity contribution in [1.82, 2.24) is 15.1 Å². The van der Waals surface area contributed by atoms with Gasteiger partial charge in [-0.25, -0.2) is 0 Å². The van der Waals surface area contributed by atoms with Crippen LogP contribution in [0.5, 0.6) is 5.75 Å². The first-order valence-electron chi connectivity index (χ1n) is 3.66. The number of hydrogen-bond donors (Lipinski definition) is 0. The molecule has 0 fully saturated rings. The average Bonchev–Trinajstić information content (AvgIpc) is 2.71. The second-order valence-electron chi connectivity index (χ2n) is 2.37. The van der Waals surface area contributed by atoms with Gasteiger partial charge in [-0.15, -0.1) is 0 Å². The standard InChI is InChI=1S/C8H7N3O2/c1-12-7-2-6(3-9-4-7)8-10-5-13-11-8/h2-5H,1H3. The van der Waals surface area contributed by atoms with Gasteiger partial charge in [0.1, 0.15) is 5.75 Å². The van der Waals surface area contributed by atoms with E-state index in [2.05, 4.69) is 19.6 Å². The van der Waals surface area contributed by atoms with Crippen molar-refractivity contribution in [3.05, 3.63) is 24.9 Å². The van der Waals surface area contributed by atoms with E-state index in [1.165, 1.54) is 6.39 Å². The van der Waals surface area contributed by atoms with Crippen molar-refractivity contribution in [3.63, 3.8) is 0 Å². The Morgan fingerprint density at radius 3 is 3.00 bits per heavy atom. The summed E-state index contributed by atoms with van der Waals surface area (Å²) in [6, 6.07) is 1.79. The highest BCUT2D eigenvalue weighted by Crippen LogP contribution is 2.18. The maximum Gasteiger partial charge on any atom is 0.214 e. The molecular weight excluding hydrogens is 170 g/mol. The van der Waals surface area contributed by atoms with Crippen LogP contribution in [-0.2, 0) is 0 Å². The third-order valence-electron chi connectivity index (χ3n) is 1.57. The Labute approximate surface area is 74.4 Å². The molecule has 2 heterocycles. The third kappa shape index (κ3) is 1.48. The molecule has 0 saturated carbocycles. The van der Waals surface area contributed by atoms with Crippen LogP contribution in [0, 0.1) is 0 Å². The zero-order chi connectivity index (χ0) is 9.10. The van der Waals surface area contributed by atoms with Crippen LogP contribution in [0.3, 0.4) is 0 Å². The number of methoxy groups -OCH3 is 1. The largest absolute Gasteiger partial charge is 0.495 e. The van der Waals surface area contributed by atoms with Crippen LogP contribution in [-0.4, -0.2) is 22.2 Å². The Hall–Kier alpha value is -1.91. The summed E-state index contributed by atoms with van der Waals surface area (Å²) in [5.41, 5.74) is 0.771. The summed E-state index contributed by atoms with van der Waals surface area (Å²) < 4.78 is 9.62. The van der Waals surface area contributed by atoms with Crippen LogP contribution in [0.1, 0.15) is 0 Å². The van der Waals surface area contributed by atoms with Gasteiger partial charge in [0, 0.05) is 11.8 Å². The predicted octanol–water partition coefficient (Wildman–Crippen LogP) is 1.14. The summed E-state index contributed by atoms with van der Waals surface area (Å²) in [5.74, 6) is 1.17. The number of rotatable bonds is 2. The number of aromatic nitrogens is 3. The van der Waals surface area contributed by atoms with Gasteiger partial charge in [-0.2, -0.15) is 4.98 Å². The zero-order valence-corrected chi connectivity index (χ0v) is 6.97. The minimum absolute atomic E-state index is 0.506. The van der Waals surface area contributed by atoms with Crippen molar-refractivity contribution in [1.29, 1.82) is 0 Å². The molecule has 0 unspecified atom stereocenters. The van der Waals surface area contributed by atoms with E-state index in [-0.39, 0.29) is 0 Å². The predicted molar refractivity (Wildman–Crippen MR) is 44.1 cm³/mol. The lowest BCUT2D eigenvalue weighted by molar-refractivity contribution is 0.412. The summed E-state index contributed by atoms with van der Waals surface area (Å²) in [5, 5.41) is 3.68. The van der Waals surface area contributed by atoms with Gasteiger partial charge in [0.05, 0.1) is 13.3 Å². The first-order chi connectivity index (χ1) is 6.40. The van der Waals surface area contributed by atoms with Crippen LogP contribution < -0.4 is 4.74 Å². The first kappa shape index (κ1) is 7.72. The summed E-state index contributed by atoms with van der Waals surface area (Å²) in [7, 11) is 1.58. The molecule has 66 valence electrons. The lowest BCUT2D eigenvalue weighted by atomic mass is 10.2. The molecule has 0 radical (unpaired) electrons. The molecule has 0 amide bonds. The van der Waals surface area contributed by atoms with E-state index in [1.807, 2.05) is 0 Å². The molecule has 2 rings (SSSR count). The first-order valence-corrected chi connectivity index (χ1v) is 3.66. The lowest BCUT2D eigenvalue weighted by Gasteiger charge is -1.98. The van der Waals surface area contributed by atoms with E-state index >= 15 is 0 Å². The van der Waals surface area contributed by atoms with Crippen molar-refractivity contribution in [2.75, 3.05) is 7.11 Å². The Bertz CT molecular complexity index is 386. The third-order valence-corrected chi connectivity index (χ3v) is 1.57. The Morgan fingerprint density at radius 2 is 2.31 bits per heavy atom. The van der Waals surface area contributed by atoms with E-state index < -0.39 is 0 Å². The summed E-state index contributed by atoms with van der Waals surface area (Å²) in [6.07, 6.45) is 4.53. The minimum Gasteiger partial charge on any atom is -0.495 e. The van der Waals surface area contributed by atoms with Crippen molar-refractivity contribution in [3.8, 4) is 17.1 Å². The van der Waals surface area contributed by atoms with Gasteiger partial charge in [0.15, 0.2) is 0 Å². The molecule has 5 nitrogen and oxygen atoms in total. The molecule has 0 N–H and O–H groups in total. The fourth-order valence-corrected chi connectivity index (χ4v) is 0.951. The van der Waals surface area contributed by atoms with E-state index in [0.29, 0.717) is 11.6 Å². The van der Waals surface area contributed by atoms with Crippen LogP contribution in [0.4, 0.5) is 0 Å². The zero-order valence-electron chi connectivity index (χ0n) is 6.97. The SMILES string of the molecule is COc1cncc(-c2ncon2)c1. The van der Waals surface area contributed by atoms with Crippen LogP contribution in [0.25, 0.3) is 11.4 Å². The molecule has 0 atom stereocenters. The van der Waals surface area contributed by atoms with E-state index in [4.69, 9.17) is 4.74 Å². The molecule has 13 heavy (non-hydrogen) atoms. The van der Waals surface area contributed by atoms with Gasteiger partial charge in [-0.3, -0.25) is 4.98 Å². The molecular formula is C8H7N3O2. The van der Waals surface area contributed by atoms with Gasteiger partial charge in [-0.05, 0) is 6.07 Å². The summed E-state index contributed by atoms with van der Waals surface area (Å²) >= 11 is 0. The number of ether oxygens (including phenoxy) is 1. The molecule has 0 aliphatic heterocycles. The molecule has 0 aromatic carbocycles. The smallest absolute Gasteiger partial charge is 0.214 e. The topological polar surface area (TPSA) is 61.0 Å². The Morgan fingerprint density at radius 1 is 1.38 bits per heavy atom. The van der Waals surface area contributed by atoms with Crippen molar-refractivity contribution >= 4 is 0 Å². The van der Waals surface area contributed by atoms with Crippen molar-refractivity contribution in [2.45, 2.75) is 0 Å². The van der Waals surface area contributed by atoms with Crippen molar-refractivity contribution in [2.24, 2.45) is 0 Å². The molecule has 2 aromatic heterocycles. The fourth-order valence-electron chi connectivity index (χ4n) is 0.951. The lowest BCUT2D eigenvalue weighted by Crippen LogP contribution is -1.86. The van der Waals surface area contributed by atoms with Gasteiger partial charge >= 0.3 is 0 Å². The molecule has 0 aliphatic rings. The monoisotopic (exact) mass is 177 g/mol. The normalized spacial score (nSPS) is 9.92. The van der Waals surface area contributed by atoms with E-state index in [0.717, 1.165) is 5.56 Å². The van der Waals surface area contributed by atoms with E-state index in [1.54, 1.807) is 25.6 Å². The Kier molecular flexibility index (Phi) is 1.91. The van der Waals surface area contributed by atoms with Crippen LogP contribution >= 0.6 is 0 Å². The van der Waals surface area contributed by atoms with Gasteiger partial charge < -0.3 is 9.26 Å². The molecule has 0 saturated heterocycles. The second-order valence-corrected chi connectivity index (χ2v) is 2.37. The molecule has 0 aliphatic carbocycles.